The van der Waals surface area contributed by atoms with E-state index >= 15 is 0 Å². The van der Waals surface area contributed by atoms with Gasteiger partial charge in [0.2, 0.25) is 0 Å². The lowest BCUT2D eigenvalue weighted by molar-refractivity contribution is 0.311. The maximum absolute atomic E-state index is 5.64. The van der Waals surface area contributed by atoms with E-state index in [0.717, 1.165) is 43.3 Å². The van der Waals surface area contributed by atoms with Crippen LogP contribution in [0.15, 0.2) is 12.1 Å². The highest BCUT2D eigenvalue weighted by Crippen LogP contribution is 2.16. The van der Waals surface area contributed by atoms with Crippen LogP contribution in [0.5, 0.6) is 5.75 Å². The van der Waals surface area contributed by atoms with Gasteiger partial charge in [-0.1, -0.05) is 13.8 Å². The van der Waals surface area contributed by atoms with Gasteiger partial charge in [-0.2, -0.15) is 0 Å². The van der Waals surface area contributed by atoms with Crippen molar-refractivity contribution < 1.29 is 4.74 Å². The van der Waals surface area contributed by atoms with E-state index in [-0.39, 0.29) is 0 Å². The Labute approximate surface area is 91.9 Å². The Morgan fingerprint density at radius 2 is 2.13 bits per heavy atom. The van der Waals surface area contributed by atoms with Crippen LogP contribution in [0.3, 0.4) is 0 Å². The molecule has 0 aromatic carbocycles. The monoisotopic (exact) mass is 208 g/mol. The third-order valence-corrected chi connectivity index (χ3v) is 2.08. The molecule has 1 heterocycles. The van der Waals surface area contributed by atoms with Gasteiger partial charge in [0.1, 0.15) is 5.75 Å². The van der Waals surface area contributed by atoms with Crippen molar-refractivity contribution in [2.45, 2.75) is 33.7 Å². The standard InChI is InChI=1S/C12H20N2O/c1-4-8-15-12-7-6-10(3)14-11(12)9-13-5-2/h6-7,13H,4-5,8-9H2,1-3H3. The summed E-state index contributed by atoms with van der Waals surface area (Å²) in [7, 11) is 0. The average Bonchev–Trinajstić information content (AvgIpc) is 2.25. The topological polar surface area (TPSA) is 34.1 Å². The largest absolute Gasteiger partial charge is 0.492 e. The lowest BCUT2D eigenvalue weighted by Gasteiger charge is -2.10. The van der Waals surface area contributed by atoms with E-state index in [4.69, 9.17) is 4.74 Å². The van der Waals surface area contributed by atoms with Crippen LogP contribution in [0.4, 0.5) is 0 Å². The molecule has 0 saturated heterocycles. The molecule has 0 saturated carbocycles. The first-order chi connectivity index (χ1) is 7.27. The van der Waals surface area contributed by atoms with Gasteiger partial charge in [-0.25, -0.2) is 0 Å². The molecule has 0 aliphatic carbocycles. The van der Waals surface area contributed by atoms with Crippen molar-refractivity contribution in [3.8, 4) is 5.75 Å². The average molecular weight is 208 g/mol. The molecule has 1 rings (SSSR count). The zero-order valence-corrected chi connectivity index (χ0v) is 9.84. The van der Waals surface area contributed by atoms with E-state index in [9.17, 15) is 0 Å². The number of aromatic nitrogens is 1. The second-order valence-corrected chi connectivity index (χ2v) is 3.53. The highest BCUT2D eigenvalue weighted by atomic mass is 16.5. The Hall–Kier alpha value is -1.09. The molecule has 0 fully saturated rings. The van der Waals surface area contributed by atoms with E-state index in [2.05, 4.69) is 24.1 Å². The maximum atomic E-state index is 5.64. The maximum Gasteiger partial charge on any atom is 0.142 e. The van der Waals surface area contributed by atoms with Crippen molar-refractivity contribution in [2.24, 2.45) is 0 Å². The second-order valence-electron chi connectivity index (χ2n) is 3.53. The highest BCUT2D eigenvalue weighted by Gasteiger charge is 2.04. The van der Waals surface area contributed by atoms with Gasteiger partial charge in [0.25, 0.3) is 0 Å². The lowest BCUT2D eigenvalue weighted by atomic mass is 10.3. The summed E-state index contributed by atoms with van der Waals surface area (Å²) in [6, 6.07) is 3.99. The Kier molecular flexibility index (Phi) is 5.12. The predicted molar refractivity (Wildman–Crippen MR) is 62.1 cm³/mol. The summed E-state index contributed by atoms with van der Waals surface area (Å²) in [5.74, 6) is 0.906. The van der Waals surface area contributed by atoms with Gasteiger partial charge < -0.3 is 10.1 Å². The van der Waals surface area contributed by atoms with Crippen molar-refractivity contribution in [2.75, 3.05) is 13.2 Å². The number of aryl methyl sites for hydroxylation is 1. The minimum absolute atomic E-state index is 0.754. The van der Waals surface area contributed by atoms with Crippen molar-refractivity contribution in [3.63, 3.8) is 0 Å². The van der Waals surface area contributed by atoms with Crippen molar-refractivity contribution in [1.29, 1.82) is 0 Å². The van der Waals surface area contributed by atoms with Gasteiger partial charge in [0.05, 0.1) is 12.3 Å². The molecule has 0 spiro atoms. The van der Waals surface area contributed by atoms with Crippen LogP contribution in [0.2, 0.25) is 0 Å². The Balaban J connectivity index is 2.73. The van der Waals surface area contributed by atoms with Crippen molar-refractivity contribution in [1.82, 2.24) is 10.3 Å². The molecule has 1 aromatic heterocycles. The van der Waals surface area contributed by atoms with Crippen LogP contribution >= 0.6 is 0 Å². The quantitative estimate of drug-likeness (QED) is 0.779. The predicted octanol–water partition coefficient (Wildman–Crippen LogP) is 2.29. The summed E-state index contributed by atoms with van der Waals surface area (Å²) in [4.78, 5) is 4.48. The van der Waals surface area contributed by atoms with Gasteiger partial charge in [0, 0.05) is 12.2 Å². The zero-order chi connectivity index (χ0) is 11.1. The fourth-order valence-corrected chi connectivity index (χ4v) is 1.31. The van der Waals surface area contributed by atoms with Crippen molar-refractivity contribution in [3.05, 3.63) is 23.5 Å². The van der Waals surface area contributed by atoms with Crippen LogP contribution in [-0.2, 0) is 6.54 Å². The normalized spacial score (nSPS) is 10.3. The molecule has 0 unspecified atom stereocenters. The first-order valence-electron chi connectivity index (χ1n) is 5.58. The van der Waals surface area contributed by atoms with Crippen molar-refractivity contribution >= 4 is 0 Å². The van der Waals surface area contributed by atoms with Crippen LogP contribution in [0, 0.1) is 6.92 Å². The van der Waals surface area contributed by atoms with Gasteiger partial charge in [-0.05, 0) is 32.0 Å². The van der Waals surface area contributed by atoms with E-state index in [0.29, 0.717) is 0 Å². The molecule has 3 heteroatoms. The molecule has 3 nitrogen and oxygen atoms in total. The zero-order valence-electron chi connectivity index (χ0n) is 9.84. The number of nitrogens with zero attached hydrogens (tertiary/aromatic N) is 1. The van der Waals surface area contributed by atoms with Crippen LogP contribution in [0.1, 0.15) is 31.7 Å². The molecule has 0 bridgehead atoms. The van der Waals surface area contributed by atoms with Gasteiger partial charge in [0.15, 0.2) is 0 Å². The summed E-state index contributed by atoms with van der Waals surface area (Å²) < 4.78 is 5.64. The fourth-order valence-electron chi connectivity index (χ4n) is 1.31. The molecule has 1 N–H and O–H groups in total. The molecule has 15 heavy (non-hydrogen) atoms. The molecule has 0 amide bonds. The molecule has 0 radical (unpaired) electrons. The summed E-state index contributed by atoms with van der Waals surface area (Å²) in [6.45, 7) is 8.66. The molecular weight excluding hydrogens is 188 g/mol. The number of hydrogen-bond acceptors (Lipinski definition) is 3. The van der Waals surface area contributed by atoms with E-state index in [1.165, 1.54) is 0 Å². The SMILES string of the molecule is CCCOc1ccc(C)nc1CNCC. The van der Waals surface area contributed by atoms with Crippen LogP contribution < -0.4 is 10.1 Å². The Morgan fingerprint density at radius 1 is 1.33 bits per heavy atom. The second kappa shape index (κ2) is 6.40. The fraction of sp³-hybridized carbons (Fsp3) is 0.583. The lowest BCUT2D eigenvalue weighted by Crippen LogP contribution is -2.14. The van der Waals surface area contributed by atoms with E-state index < -0.39 is 0 Å². The Bertz CT molecular complexity index is 300. The number of ether oxygens (including phenoxy) is 1. The Morgan fingerprint density at radius 3 is 2.80 bits per heavy atom. The molecule has 0 aliphatic heterocycles. The third-order valence-electron chi connectivity index (χ3n) is 2.08. The number of pyridine rings is 1. The first kappa shape index (κ1) is 12.0. The minimum Gasteiger partial charge on any atom is -0.492 e. The van der Waals surface area contributed by atoms with Gasteiger partial charge in [-0.3, -0.25) is 4.98 Å². The summed E-state index contributed by atoms with van der Waals surface area (Å²) in [5, 5.41) is 3.27. The molecule has 0 aliphatic rings. The van der Waals surface area contributed by atoms with E-state index in [1.54, 1.807) is 0 Å². The minimum atomic E-state index is 0.754. The summed E-state index contributed by atoms with van der Waals surface area (Å²) >= 11 is 0. The summed E-state index contributed by atoms with van der Waals surface area (Å²) in [6.07, 6.45) is 1.02. The van der Waals surface area contributed by atoms with E-state index in [1.807, 2.05) is 19.1 Å². The van der Waals surface area contributed by atoms with Crippen LogP contribution in [-0.4, -0.2) is 18.1 Å². The van der Waals surface area contributed by atoms with Gasteiger partial charge in [-0.15, -0.1) is 0 Å². The highest BCUT2D eigenvalue weighted by molar-refractivity contribution is 5.29. The molecule has 0 atom stereocenters. The third kappa shape index (κ3) is 3.88. The molecular formula is C12H20N2O. The van der Waals surface area contributed by atoms with Crippen LogP contribution in [0.25, 0.3) is 0 Å². The summed E-state index contributed by atoms with van der Waals surface area (Å²) in [5.41, 5.74) is 2.04. The molecule has 84 valence electrons. The molecule has 1 aromatic rings. The first-order valence-corrected chi connectivity index (χ1v) is 5.58. The number of hydrogen-bond donors (Lipinski definition) is 1. The number of nitrogens with one attached hydrogen (secondary N) is 1. The number of rotatable bonds is 6. The smallest absolute Gasteiger partial charge is 0.142 e. The van der Waals surface area contributed by atoms with Gasteiger partial charge >= 0.3 is 0 Å².